The quantitative estimate of drug-likeness (QED) is 0.397. The first-order valence-electron chi connectivity index (χ1n) is 10.3. The van der Waals surface area contributed by atoms with E-state index >= 15 is 0 Å². The van der Waals surface area contributed by atoms with Crippen molar-refractivity contribution in [3.8, 4) is 5.75 Å². The van der Waals surface area contributed by atoms with E-state index in [1.54, 1.807) is 0 Å². The Morgan fingerprint density at radius 2 is 2.10 bits per heavy atom. The molecule has 154 valence electrons. The largest absolute Gasteiger partial charge is 0.493 e. The number of unbranched alkanes of at least 4 members (excludes halogenated alkanes) is 1. The van der Waals surface area contributed by atoms with Crippen LogP contribution in [0.15, 0.2) is 59.5 Å². The van der Waals surface area contributed by atoms with Crippen LogP contribution < -0.4 is 10.1 Å². The monoisotopic (exact) mass is 395 g/mol. The summed E-state index contributed by atoms with van der Waals surface area (Å²) in [6.45, 7) is 8.30. The van der Waals surface area contributed by atoms with Crippen LogP contribution in [0.5, 0.6) is 5.75 Å². The van der Waals surface area contributed by atoms with Gasteiger partial charge < -0.3 is 14.8 Å². The molecule has 3 rings (SSSR count). The van der Waals surface area contributed by atoms with Gasteiger partial charge in [-0.2, -0.15) is 0 Å². The van der Waals surface area contributed by atoms with Gasteiger partial charge in [-0.05, 0) is 32.3 Å². The number of nitrogens with one attached hydrogen (secondary N) is 1. The van der Waals surface area contributed by atoms with E-state index in [1.165, 1.54) is 6.08 Å². The van der Waals surface area contributed by atoms with Gasteiger partial charge in [0, 0.05) is 29.0 Å². The lowest BCUT2D eigenvalue weighted by Gasteiger charge is -2.34. The fraction of sp³-hybridized carbons (Fsp3) is 0.417. The maximum Gasteiger partial charge on any atom is 0.337 e. The predicted octanol–water partition coefficient (Wildman–Crippen LogP) is 4.56. The molecule has 0 saturated heterocycles. The normalized spacial score (nSPS) is 18.8. The standard InChI is InChI=1S/C24H29NO4/c1-4-6-15-28-20-13-8-7-10-17(20)22-21(24(27)29-14-5-2)16(3)25-18-11-9-12-19(26)23(18)22/h5,7-8,10,13,22,25H,2,4,6,9,11-12,14-15H2,1,3H3. The summed E-state index contributed by atoms with van der Waals surface area (Å²) in [7, 11) is 0. The first-order valence-corrected chi connectivity index (χ1v) is 10.3. The molecule has 1 atom stereocenters. The molecule has 0 saturated carbocycles. The van der Waals surface area contributed by atoms with E-state index in [4.69, 9.17) is 9.47 Å². The van der Waals surface area contributed by atoms with Crippen molar-refractivity contribution < 1.29 is 19.1 Å². The van der Waals surface area contributed by atoms with Crippen molar-refractivity contribution in [2.45, 2.75) is 51.9 Å². The average molecular weight is 395 g/mol. The molecule has 0 spiro atoms. The number of dihydropyridines is 1. The van der Waals surface area contributed by atoms with Crippen molar-refractivity contribution in [2.24, 2.45) is 0 Å². The molecule has 1 aromatic rings. The second-order valence-corrected chi connectivity index (χ2v) is 7.39. The first-order chi connectivity index (χ1) is 14.1. The Kier molecular flexibility index (Phi) is 6.91. The highest BCUT2D eigenvalue weighted by Gasteiger charge is 2.40. The van der Waals surface area contributed by atoms with E-state index in [9.17, 15) is 9.59 Å². The number of allylic oxidation sites excluding steroid dienone is 3. The highest BCUT2D eigenvalue weighted by Crippen LogP contribution is 2.45. The van der Waals surface area contributed by atoms with Crippen LogP contribution in [0.3, 0.4) is 0 Å². The molecule has 1 N–H and O–H groups in total. The Morgan fingerprint density at radius 1 is 1.31 bits per heavy atom. The maximum atomic E-state index is 13.0. The number of rotatable bonds is 8. The molecule has 5 heteroatoms. The molecular weight excluding hydrogens is 366 g/mol. The summed E-state index contributed by atoms with van der Waals surface area (Å²) in [5.74, 6) is -0.143. The molecule has 0 bridgehead atoms. The van der Waals surface area contributed by atoms with Crippen molar-refractivity contribution in [1.29, 1.82) is 0 Å². The van der Waals surface area contributed by atoms with Gasteiger partial charge in [0.05, 0.1) is 18.1 Å². The number of carbonyl (C=O) groups is 2. The van der Waals surface area contributed by atoms with Crippen LogP contribution >= 0.6 is 0 Å². The van der Waals surface area contributed by atoms with Crippen LogP contribution in [-0.2, 0) is 14.3 Å². The van der Waals surface area contributed by atoms with Crippen LogP contribution in [0.1, 0.15) is 57.4 Å². The highest BCUT2D eigenvalue weighted by molar-refractivity contribution is 6.04. The summed E-state index contributed by atoms with van der Waals surface area (Å²) in [4.78, 5) is 25.9. The van der Waals surface area contributed by atoms with Crippen molar-refractivity contribution >= 4 is 11.8 Å². The minimum absolute atomic E-state index is 0.0774. The lowest BCUT2D eigenvalue weighted by molar-refractivity contribution is -0.138. The Hall–Kier alpha value is -2.82. The summed E-state index contributed by atoms with van der Waals surface area (Å²) in [5.41, 5.74) is 3.59. The van der Waals surface area contributed by atoms with E-state index in [1.807, 2.05) is 31.2 Å². The molecular formula is C24H29NO4. The van der Waals surface area contributed by atoms with Gasteiger partial charge in [-0.1, -0.05) is 44.2 Å². The zero-order valence-corrected chi connectivity index (χ0v) is 17.3. The maximum absolute atomic E-state index is 13.0. The zero-order chi connectivity index (χ0) is 20.8. The summed E-state index contributed by atoms with van der Waals surface area (Å²) >= 11 is 0. The third kappa shape index (κ3) is 4.44. The van der Waals surface area contributed by atoms with E-state index in [-0.39, 0.29) is 12.4 Å². The van der Waals surface area contributed by atoms with Gasteiger partial charge in [0.25, 0.3) is 0 Å². The van der Waals surface area contributed by atoms with Crippen LogP contribution in [0.25, 0.3) is 0 Å². The topological polar surface area (TPSA) is 64.6 Å². The second-order valence-electron chi connectivity index (χ2n) is 7.39. The lowest BCUT2D eigenvalue weighted by atomic mass is 9.75. The van der Waals surface area contributed by atoms with E-state index in [0.717, 1.165) is 42.6 Å². The number of ketones is 1. The molecule has 1 unspecified atom stereocenters. The number of benzene rings is 1. The van der Waals surface area contributed by atoms with Crippen molar-refractivity contribution in [1.82, 2.24) is 5.32 Å². The van der Waals surface area contributed by atoms with Gasteiger partial charge in [-0.3, -0.25) is 4.79 Å². The molecule has 5 nitrogen and oxygen atoms in total. The van der Waals surface area contributed by atoms with Crippen LogP contribution in [0, 0.1) is 0 Å². The number of hydrogen-bond acceptors (Lipinski definition) is 5. The van der Waals surface area contributed by atoms with Crippen molar-refractivity contribution in [2.75, 3.05) is 13.2 Å². The molecule has 1 aromatic carbocycles. The summed E-state index contributed by atoms with van der Waals surface area (Å²) in [6, 6.07) is 7.68. The minimum Gasteiger partial charge on any atom is -0.493 e. The average Bonchev–Trinajstić information content (AvgIpc) is 2.72. The predicted molar refractivity (Wildman–Crippen MR) is 112 cm³/mol. The number of ether oxygens (including phenoxy) is 2. The summed E-state index contributed by atoms with van der Waals surface area (Å²) < 4.78 is 11.4. The highest BCUT2D eigenvalue weighted by atomic mass is 16.5. The second kappa shape index (κ2) is 9.59. The van der Waals surface area contributed by atoms with Crippen LogP contribution in [-0.4, -0.2) is 25.0 Å². The van der Waals surface area contributed by atoms with Gasteiger partial charge >= 0.3 is 5.97 Å². The van der Waals surface area contributed by atoms with Crippen LogP contribution in [0.4, 0.5) is 0 Å². The Balaban J connectivity index is 2.10. The van der Waals surface area contributed by atoms with Gasteiger partial charge in [0.2, 0.25) is 0 Å². The molecule has 0 radical (unpaired) electrons. The minimum atomic E-state index is -0.491. The van der Waals surface area contributed by atoms with Gasteiger partial charge in [-0.25, -0.2) is 4.79 Å². The molecule has 2 aliphatic rings. The number of Topliss-reactive ketones (excluding diaryl/α,β-unsaturated/α-hetero) is 1. The number of carbonyl (C=O) groups excluding carboxylic acids is 2. The third-order valence-corrected chi connectivity index (χ3v) is 5.31. The molecule has 29 heavy (non-hydrogen) atoms. The molecule has 0 amide bonds. The van der Waals surface area contributed by atoms with E-state index in [2.05, 4.69) is 18.8 Å². The molecule has 1 aliphatic carbocycles. The molecule has 0 aromatic heterocycles. The summed E-state index contributed by atoms with van der Waals surface area (Å²) in [6.07, 6.45) is 5.61. The lowest BCUT2D eigenvalue weighted by Crippen LogP contribution is -2.34. The molecule has 1 heterocycles. The van der Waals surface area contributed by atoms with E-state index < -0.39 is 11.9 Å². The fourth-order valence-electron chi connectivity index (χ4n) is 3.95. The Bertz CT molecular complexity index is 865. The smallest absolute Gasteiger partial charge is 0.337 e. The zero-order valence-electron chi connectivity index (χ0n) is 17.3. The fourth-order valence-corrected chi connectivity index (χ4v) is 3.95. The molecule has 1 aliphatic heterocycles. The first kappa shape index (κ1) is 20.9. The Labute approximate surface area is 172 Å². The number of hydrogen-bond donors (Lipinski definition) is 1. The molecule has 0 fully saturated rings. The SMILES string of the molecule is C=CCOC(=O)C1=C(C)NC2=C(C(=O)CCC2)C1c1ccccc1OCCCC. The van der Waals surface area contributed by atoms with Crippen LogP contribution in [0.2, 0.25) is 0 Å². The number of para-hydroxylation sites is 1. The van der Waals surface area contributed by atoms with Crippen molar-refractivity contribution in [3.63, 3.8) is 0 Å². The summed E-state index contributed by atoms with van der Waals surface area (Å²) in [5, 5.41) is 3.30. The van der Waals surface area contributed by atoms with Gasteiger partial charge in [0.15, 0.2) is 5.78 Å². The van der Waals surface area contributed by atoms with E-state index in [0.29, 0.717) is 29.9 Å². The number of esters is 1. The Morgan fingerprint density at radius 3 is 2.86 bits per heavy atom. The van der Waals surface area contributed by atoms with Gasteiger partial charge in [0.1, 0.15) is 12.4 Å². The van der Waals surface area contributed by atoms with Gasteiger partial charge in [-0.15, -0.1) is 0 Å². The third-order valence-electron chi connectivity index (χ3n) is 5.31. The van der Waals surface area contributed by atoms with Crippen molar-refractivity contribution in [3.05, 3.63) is 65.0 Å².